The Morgan fingerprint density at radius 2 is 1.86 bits per heavy atom. The summed E-state index contributed by atoms with van der Waals surface area (Å²) in [5, 5.41) is 13.5. The second kappa shape index (κ2) is 6.91. The molecule has 0 radical (unpaired) electrons. The van der Waals surface area contributed by atoms with E-state index in [4.69, 9.17) is 4.98 Å². The van der Waals surface area contributed by atoms with E-state index >= 15 is 0 Å². The van der Waals surface area contributed by atoms with Crippen molar-refractivity contribution >= 4 is 22.5 Å². The van der Waals surface area contributed by atoms with Crippen LogP contribution < -0.4 is 10.2 Å². The van der Waals surface area contributed by atoms with Crippen LogP contribution in [0.2, 0.25) is 0 Å². The summed E-state index contributed by atoms with van der Waals surface area (Å²) in [5.41, 5.74) is 6.55. The Balaban J connectivity index is 1.99. The summed E-state index contributed by atoms with van der Waals surface area (Å²) in [6.07, 6.45) is 2.49. The summed E-state index contributed by atoms with van der Waals surface area (Å²) in [4.78, 5) is 7.30. The number of nitrogens with one attached hydrogen (secondary N) is 1. The number of nitrogens with zero attached hydrogens (tertiary/aromatic N) is 4. The lowest BCUT2D eigenvalue weighted by Crippen LogP contribution is -2.40. The third-order valence-electron chi connectivity index (χ3n) is 6.00. The first-order valence-electron chi connectivity index (χ1n) is 10.1. The van der Waals surface area contributed by atoms with Gasteiger partial charge in [-0.1, -0.05) is 42.5 Å². The summed E-state index contributed by atoms with van der Waals surface area (Å²) in [7, 11) is 2.02. The Kier molecular flexibility index (Phi) is 4.22. The minimum absolute atomic E-state index is 0.258. The van der Waals surface area contributed by atoms with E-state index in [9.17, 15) is 5.26 Å². The topological polar surface area (TPSA) is 56.4 Å². The molecule has 0 spiro atoms. The van der Waals surface area contributed by atoms with Crippen LogP contribution in [0.4, 0.5) is 5.82 Å². The Morgan fingerprint density at radius 3 is 2.62 bits per heavy atom. The predicted octanol–water partition coefficient (Wildman–Crippen LogP) is 4.48. The highest BCUT2D eigenvalue weighted by Crippen LogP contribution is 2.41. The van der Waals surface area contributed by atoms with Crippen LogP contribution >= 0.6 is 0 Å². The maximum absolute atomic E-state index is 10.0. The molecule has 1 aliphatic rings. The number of hydrogen-bond acceptors (Lipinski definition) is 4. The zero-order valence-electron chi connectivity index (χ0n) is 16.7. The van der Waals surface area contributed by atoms with E-state index in [1.54, 1.807) is 0 Å². The maximum atomic E-state index is 10.0. The molecule has 5 rings (SSSR count). The summed E-state index contributed by atoms with van der Waals surface area (Å²) in [6, 6.07) is 21.0. The number of hydrogen-bond donors (Lipinski definition) is 1. The molecular formula is C24H23N5. The fourth-order valence-corrected chi connectivity index (χ4v) is 4.66. The van der Waals surface area contributed by atoms with E-state index in [2.05, 4.69) is 51.0 Å². The third kappa shape index (κ3) is 2.60. The first-order valence-corrected chi connectivity index (χ1v) is 10.1. The van der Waals surface area contributed by atoms with Crippen molar-refractivity contribution < 1.29 is 0 Å². The second-order valence-corrected chi connectivity index (χ2v) is 7.58. The highest BCUT2D eigenvalue weighted by atomic mass is 15.3. The van der Waals surface area contributed by atoms with Gasteiger partial charge in [0.25, 0.3) is 0 Å². The number of rotatable bonds is 3. The largest absolute Gasteiger partial charge is 0.342 e. The number of pyridine rings is 1. The Labute approximate surface area is 170 Å². The lowest BCUT2D eigenvalue weighted by molar-refractivity contribution is 0.578. The molecule has 1 unspecified atom stereocenters. The van der Waals surface area contributed by atoms with Gasteiger partial charge in [0, 0.05) is 12.1 Å². The fourth-order valence-electron chi connectivity index (χ4n) is 4.66. The Morgan fingerprint density at radius 1 is 1.10 bits per heavy atom. The van der Waals surface area contributed by atoms with Gasteiger partial charge in [0.05, 0.1) is 22.8 Å². The molecule has 5 nitrogen and oxygen atoms in total. The zero-order valence-corrected chi connectivity index (χ0v) is 16.7. The van der Waals surface area contributed by atoms with Crippen molar-refractivity contribution in [2.45, 2.75) is 25.9 Å². The Bertz CT molecular complexity index is 1250. The smallest absolute Gasteiger partial charge is 0.157 e. The van der Waals surface area contributed by atoms with E-state index in [-0.39, 0.29) is 6.17 Å². The summed E-state index contributed by atoms with van der Waals surface area (Å²) in [5.74, 6) is 1.12. The highest BCUT2D eigenvalue weighted by Gasteiger charge is 2.31. The van der Waals surface area contributed by atoms with Crippen LogP contribution in [0.5, 0.6) is 0 Å². The number of aromatic nitrogens is 2. The van der Waals surface area contributed by atoms with Crippen LogP contribution in [-0.4, -0.2) is 29.1 Å². The predicted molar refractivity (Wildman–Crippen MR) is 117 cm³/mol. The number of benzene rings is 2. The zero-order chi connectivity index (χ0) is 20.0. The molecule has 4 aromatic rings. The molecule has 2 aromatic heterocycles. The molecule has 5 heteroatoms. The standard InChI is InChI=1S/C24H23N5/c1-16-18(15-25)23-27-19-11-6-7-12-20(19)29(23)24(28-14-8-13-21(28)26-2)22(16)17-9-4-3-5-10-17/h3-7,9-12,21,26H,8,13-14H2,1-2H3. The molecule has 144 valence electrons. The monoisotopic (exact) mass is 381 g/mol. The highest BCUT2D eigenvalue weighted by molar-refractivity contribution is 5.92. The van der Waals surface area contributed by atoms with Crippen LogP contribution in [-0.2, 0) is 0 Å². The van der Waals surface area contributed by atoms with Gasteiger partial charge in [-0.25, -0.2) is 4.98 Å². The number of anilines is 1. The third-order valence-corrected chi connectivity index (χ3v) is 6.00. The molecule has 0 bridgehead atoms. The molecule has 0 aliphatic carbocycles. The molecule has 0 saturated carbocycles. The summed E-state index contributed by atoms with van der Waals surface area (Å²) < 4.78 is 2.19. The van der Waals surface area contributed by atoms with Crippen molar-refractivity contribution in [3.05, 3.63) is 65.7 Å². The molecule has 2 aromatic carbocycles. The number of fused-ring (bicyclic) bond motifs is 3. The van der Waals surface area contributed by atoms with E-state index in [0.29, 0.717) is 5.56 Å². The average Bonchev–Trinajstić information content (AvgIpc) is 3.38. The molecule has 1 aliphatic heterocycles. The molecule has 1 N–H and O–H groups in total. The van der Waals surface area contributed by atoms with Crippen molar-refractivity contribution in [2.75, 3.05) is 18.5 Å². The van der Waals surface area contributed by atoms with Crippen molar-refractivity contribution in [3.63, 3.8) is 0 Å². The lowest BCUT2D eigenvalue weighted by Gasteiger charge is -2.31. The van der Waals surface area contributed by atoms with Gasteiger partial charge >= 0.3 is 0 Å². The van der Waals surface area contributed by atoms with Crippen molar-refractivity contribution in [2.24, 2.45) is 0 Å². The number of nitriles is 1. The van der Waals surface area contributed by atoms with Crippen LogP contribution in [0.15, 0.2) is 54.6 Å². The molecule has 1 atom stereocenters. The van der Waals surface area contributed by atoms with Gasteiger partial charge in [0.1, 0.15) is 11.9 Å². The first-order chi connectivity index (χ1) is 14.2. The molecule has 29 heavy (non-hydrogen) atoms. The van der Waals surface area contributed by atoms with E-state index in [1.807, 2.05) is 38.2 Å². The number of para-hydroxylation sites is 2. The van der Waals surface area contributed by atoms with Crippen molar-refractivity contribution in [1.82, 2.24) is 14.7 Å². The van der Waals surface area contributed by atoms with E-state index in [1.165, 1.54) is 0 Å². The first kappa shape index (κ1) is 17.7. The van der Waals surface area contributed by atoms with Crippen molar-refractivity contribution in [3.8, 4) is 17.2 Å². The van der Waals surface area contributed by atoms with Gasteiger partial charge in [-0.2, -0.15) is 5.26 Å². The summed E-state index contributed by atoms with van der Waals surface area (Å²) >= 11 is 0. The van der Waals surface area contributed by atoms with Gasteiger partial charge in [-0.3, -0.25) is 4.40 Å². The van der Waals surface area contributed by atoms with Gasteiger partial charge < -0.3 is 10.2 Å². The van der Waals surface area contributed by atoms with Gasteiger partial charge in [-0.05, 0) is 50.1 Å². The SMILES string of the molecule is CNC1CCCN1c1c(-c2ccccc2)c(C)c(C#N)c2nc3ccccc3n12. The minimum atomic E-state index is 0.258. The lowest BCUT2D eigenvalue weighted by atomic mass is 9.97. The van der Waals surface area contributed by atoms with Gasteiger partial charge in [0.15, 0.2) is 5.65 Å². The second-order valence-electron chi connectivity index (χ2n) is 7.58. The van der Waals surface area contributed by atoms with Crippen LogP contribution in [0, 0.1) is 18.3 Å². The average molecular weight is 381 g/mol. The van der Waals surface area contributed by atoms with Crippen molar-refractivity contribution in [1.29, 1.82) is 5.26 Å². The van der Waals surface area contributed by atoms with Gasteiger partial charge in [0.2, 0.25) is 0 Å². The fraction of sp³-hybridized carbons (Fsp3) is 0.250. The normalized spacial score (nSPS) is 16.6. The molecule has 3 heterocycles. The van der Waals surface area contributed by atoms with Crippen LogP contribution in [0.25, 0.3) is 27.8 Å². The van der Waals surface area contributed by atoms with E-state index < -0.39 is 0 Å². The van der Waals surface area contributed by atoms with Crippen LogP contribution in [0.1, 0.15) is 24.0 Å². The Hall–Kier alpha value is -3.36. The van der Waals surface area contributed by atoms with Gasteiger partial charge in [-0.15, -0.1) is 0 Å². The maximum Gasteiger partial charge on any atom is 0.157 e. The quantitative estimate of drug-likeness (QED) is 0.568. The van der Waals surface area contributed by atoms with E-state index in [0.717, 1.165) is 58.6 Å². The molecule has 1 fully saturated rings. The molecule has 1 saturated heterocycles. The van der Waals surface area contributed by atoms with Crippen LogP contribution in [0.3, 0.4) is 0 Å². The minimum Gasteiger partial charge on any atom is -0.342 e. The summed E-state index contributed by atoms with van der Waals surface area (Å²) in [6.45, 7) is 3.02. The number of imidazole rings is 1. The molecule has 0 amide bonds. The molecular weight excluding hydrogens is 358 g/mol.